The van der Waals surface area contributed by atoms with Crippen molar-refractivity contribution in [3.63, 3.8) is 0 Å². The number of carbonyl (C=O) groups is 2. The molecular formula is C29H30ClFN2O5. The van der Waals surface area contributed by atoms with Crippen LogP contribution < -0.4 is 9.47 Å². The fraction of sp³-hybridized carbons (Fsp3) is 0.310. The van der Waals surface area contributed by atoms with Gasteiger partial charge in [-0.2, -0.15) is 0 Å². The number of hydrogen-bond acceptors (Lipinski definition) is 4. The summed E-state index contributed by atoms with van der Waals surface area (Å²) in [4.78, 5) is 28.2. The first-order chi connectivity index (χ1) is 18.1. The van der Waals surface area contributed by atoms with Gasteiger partial charge in [0, 0.05) is 38.0 Å². The molecule has 4 rings (SSSR count). The van der Waals surface area contributed by atoms with E-state index in [-0.39, 0.29) is 24.2 Å². The van der Waals surface area contributed by atoms with Gasteiger partial charge in [0.1, 0.15) is 5.75 Å². The summed E-state index contributed by atoms with van der Waals surface area (Å²) in [5.41, 5.74) is 0.0752. The highest BCUT2D eigenvalue weighted by Gasteiger charge is 2.37. The predicted molar refractivity (Wildman–Crippen MR) is 142 cm³/mol. The number of likely N-dealkylation sites (N-methyl/N-ethyl adjacent to an activating group) is 1. The fourth-order valence-electron chi connectivity index (χ4n) is 4.39. The molecule has 1 heterocycles. The van der Waals surface area contributed by atoms with Crippen LogP contribution in [0.3, 0.4) is 0 Å². The van der Waals surface area contributed by atoms with Gasteiger partial charge in [-0.1, -0.05) is 48.0 Å². The number of carboxylic acid groups (broad SMARTS) is 1. The summed E-state index contributed by atoms with van der Waals surface area (Å²) >= 11 is 5.95. The first-order valence-corrected chi connectivity index (χ1v) is 12.7. The summed E-state index contributed by atoms with van der Waals surface area (Å²) in [6.07, 6.45) is 0.698. The predicted octanol–water partition coefficient (Wildman–Crippen LogP) is 5.65. The van der Waals surface area contributed by atoms with Crippen molar-refractivity contribution in [2.24, 2.45) is 0 Å². The minimum atomic E-state index is -1.65. The number of para-hydroxylation sites is 1. The van der Waals surface area contributed by atoms with Crippen LogP contribution in [0.5, 0.6) is 11.5 Å². The first kappa shape index (κ1) is 27.3. The Morgan fingerprint density at radius 2 is 1.74 bits per heavy atom. The van der Waals surface area contributed by atoms with Crippen LogP contribution in [0.1, 0.15) is 24.5 Å². The molecule has 1 saturated heterocycles. The van der Waals surface area contributed by atoms with Crippen molar-refractivity contribution < 1.29 is 28.6 Å². The molecule has 1 N–H and O–H groups in total. The Bertz CT molecular complexity index is 1270. The lowest BCUT2D eigenvalue weighted by atomic mass is 9.96. The number of halogens is 2. The molecule has 7 nitrogen and oxygen atoms in total. The number of ether oxygens (including phenoxy) is 2. The molecule has 0 aromatic heterocycles. The van der Waals surface area contributed by atoms with Crippen molar-refractivity contribution in [1.82, 2.24) is 9.80 Å². The van der Waals surface area contributed by atoms with Gasteiger partial charge in [0.15, 0.2) is 11.6 Å². The molecule has 0 spiro atoms. The van der Waals surface area contributed by atoms with Crippen molar-refractivity contribution in [3.05, 3.63) is 94.8 Å². The summed E-state index contributed by atoms with van der Waals surface area (Å²) in [6.45, 7) is 2.96. The third-order valence-corrected chi connectivity index (χ3v) is 6.90. The van der Waals surface area contributed by atoms with Gasteiger partial charge < -0.3 is 24.4 Å². The molecule has 2 amide bonds. The second kappa shape index (κ2) is 11.7. The Balaban J connectivity index is 1.29. The largest absolute Gasteiger partial charge is 0.494 e. The van der Waals surface area contributed by atoms with Gasteiger partial charge in [0.25, 0.3) is 0 Å². The quantitative estimate of drug-likeness (QED) is 0.340. The minimum absolute atomic E-state index is 0.0200. The van der Waals surface area contributed by atoms with Crippen molar-refractivity contribution in [2.45, 2.75) is 38.0 Å². The molecule has 0 bridgehead atoms. The topological polar surface area (TPSA) is 79.3 Å². The van der Waals surface area contributed by atoms with Crippen LogP contribution in [-0.2, 0) is 17.8 Å². The van der Waals surface area contributed by atoms with Gasteiger partial charge in [-0.25, -0.2) is 14.0 Å². The van der Waals surface area contributed by atoms with E-state index in [4.69, 9.17) is 21.1 Å². The average molecular weight is 541 g/mol. The molecule has 9 heteroatoms. The number of carboxylic acids is 1. The summed E-state index contributed by atoms with van der Waals surface area (Å²) < 4.78 is 25.5. The van der Waals surface area contributed by atoms with Crippen molar-refractivity contribution in [1.29, 1.82) is 0 Å². The van der Waals surface area contributed by atoms with Gasteiger partial charge in [-0.05, 0) is 54.4 Å². The standard InChI is InChI=1S/C29H30ClFN2O5/c1-29(27(34)35,38-26-6-4-3-5-25(26)31)17-20-9-13-24(14-10-20)37-16-15-23-19-33(28(36)32(23)2)18-21-7-11-22(30)12-8-21/h3-14,23H,15-19H2,1-2H3,(H,34,35)/t23-,29+/m0/s1. The first-order valence-electron chi connectivity index (χ1n) is 12.3. The number of urea groups is 1. The molecular weight excluding hydrogens is 511 g/mol. The lowest BCUT2D eigenvalue weighted by Gasteiger charge is -2.26. The Kier molecular flexibility index (Phi) is 8.42. The zero-order valence-corrected chi connectivity index (χ0v) is 22.0. The third-order valence-electron chi connectivity index (χ3n) is 6.65. The van der Waals surface area contributed by atoms with Crippen LogP contribution in [0.4, 0.5) is 9.18 Å². The van der Waals surface area contributed by atoms with E-state index in [0.29, 0.717) is 42.5 Å². The molecule has 3 aromatic rings. The second-order valence-electron chi connectivity index (χ2n) is 9.58. The van der Waals surface area contributed by atoms with Crippen molar-refractivity contribution in [2.75, 3.05) is 20.2 Å². The molecule has 0 radical (unpaired) electrons. The highest BCUT2D eigenvalue weighted by atomic mass is 35.5. The van der Waals surface area contributed by atoms with Crippen LogP contribution in [0.25, 0.3) is 0 Å². The number of hydrogen-bond donors (Lipinski definition) is 1. The second-order valence-corrected chi connectivity index (χ2v) is 10.0. The van der Waals surface area contributed by atoms with E-state index in [9.17, 15) is 19.1 Å². The van der Waals surface area contributed by atoms with Gasteiger partial charge in [-0.3, -0.25) is 0 Å². The SMILES string of the molecule is CN1C(=O)N(Cc2ccc(Cl)cc2)C[C@@H]1CCOc1ccc(C[C@@](C)(Oc2ccccc2F)C(=O)O)cc1. The van der Waals surface area contributed by atoms with Crippen LogP contribution in [0.15, 0.2) is 72.8 Å². The monoisotopic (exact) mass is 540 g/mol. The molecule has 1 aliphatic heterocycles. The number of aliphatic carboxylic acids is 1. The van der Waals surface area contributed by atoms with Crippen LogP contribution in [0, 0.1) is 5.82 Å². The molecule has 0 aliphatic carbocycles. The van der Waals surface area contributed by atoms with E-state index in [1.165, 1.54) is 25.1 Å². The highest BCUT2D eigenvalue weighted by molar-refractivity contribution is 6.30. The summed E-state index contributed by atoms with van der Waals surface area (Å²) in [6, 6.07) is 20.2. The molecule has 0 saturated carbocycles. The van der Waals surface area contributed by atoms with E-state index in [1.54, 1.807) is 42.3 Å². The number of carbonyl (C=O) groups excluding carboxylic acids is 1. The lowest BCUT2D eigenvalue weighted by molar-refractivity contribution is -0.153. The third kappa shape index (κ3) is 6.55. The maximum absolute atomic E-state index is 14.0. The molecule has 0 unspecified atom stereocenters. The summed E-state index contributed by atoms with van der Waals surface area (Å²) in [5.74, 6) is -1.29. The Morgan fingerprint density at radius 3 is 2.39 bits per heavy atom. The minimum Gasteiger partial charge on any atom is -0.494 e. The molecule has 2 atom stereocenters. The Hall–Kier alpha value is -3.78. The lowest BCUT2D eigenvalue weighted by Crippen LogP contribution is -2.43. The molecule has 200 valence electrons. The van der Waals surface area contributed by atoms with E-state index in [2.05, 4.69) is 0 Å². The van der Waals surface area contributed by atoms with Crippen LogP contribution >= 0.6 is 11.6 Å². The van der Waals surface area contributed by atoms with Crippen molar-refractivity contribution >= 4 is 23.6 Å². The highest BCUT2D eigenvalue weighted by Crippen LogP contribution is 2.26. The number of rotatable bonds is 11. The van der Waals surface area contributed by atoms with E-state index in [1.807, 2.05) is 29.2 Å². The molecule has 1 fully saturated rings. The summed E-state index contributed by atoms with van der Waals surface area (Å²) in [5, 5.41) is 10.4. The zero-order valence-electron chi connectivity index (χ0n) is 21.3. The number of amides is 2. The average Bonchev–Trinajstić information content (AvgIpc) is 3.15. The van der Waals surface area contributed by atoms with E-state index < -0.39 is 17.4 Å². The van der Waals surface area contributed by atoms with Gasteiger partial charge in [-0.15, -0.1) is 0 Å². The van der Waals surface area contributed by atoms with Gasteiger partial charge in [0.05, 0.1) is 12.6 Å². The number of nitrogens with zero attached hydrogens (tertiary/aromatic N) is 2. The fourth-order valence-corrected chi connectivity index (χ4v) is 4.52. The normalized spacial score (nSPS) is 16.8. The van der Waals surface area contributed by atoms with Gasteiger partial charge in [0.2, 0.25) is 5.60 Å². The maximum atomic E-state index is 14.0. The number of benzene rings is 3. The Labute approximate surface area is 226 Å². The van der Waals surface area contributed by atoms with Crippen LogP contribution in [0.2, 0.25) is 5.02 Å². The van der Waals surface area contributed by atoms with Gasteiger partial charge >= 0.3 is 12.0 Å². The van der Waals surface area contributed by atoms with E-state index in [0.717, 1.165) is 5.56 Å². The Morgan fingerprint density at radius 1 is 1.08 bits per heavy atom. The molecule has 38 heavy (non-hydrogen) atoms. The molecule has 1 aliphatic rings. The maximum Gasteiger partial charge on any atom is 0.348 e. The summed E-state index contributed by atoms with van der Waals surface area (Å²) in [7, 11) is 1.80. The molecule has 3 aromatic carbocycles. The van der Waals surface area contributed by atoms with E-state index >= 15 is 0 Å². The zero-order chi connectivity index (χ0) is 27.3. The van der Waals surface area contributed by atoms with Crippen molar-refractivity contribution in [3.8, 4) is 11.5 Å². The smallest absolute Gasteiger partial charge is 0.348 e. The van der Waals surface area contributed by atoms with Crippen LogP contribution in [-0.4, -0.2) is 58.7 Å².